The van der Waals surface area contributed by atoms with Crippen LogP contribution in [0.2, 0.25) is 0 Å². The Labute approximate surface area is 92.2 Å². The van der Waals surface area contributed by atoms with Gasteiger partial charge >= 0.3 is 0 Å². The molecule has 1 unspecified atom stereocenters. The van der Waals surface area contributed by atoms with Crippen molar-refractivity contribution in [3.63, 3.8) is 0 Å². The van der Waals surface area contributed by atoms with Gasteiger partial charge in [-0.1, -0.05) is 43.7 Å². The van der Waals surface area contributed by atoms with Crippen LogP contribution < -0.4 is 0 Å². The Balaban J connectivity index is 1.98. The van der Waals surface area contributed by atoms with Gasteiger partial charge in [0.1, 0.15) is 0 Å². The number of benzene rings is 1. The molecule has 1 saturated carbocycles. The van der Waals surface area contributed by atoms with E-state index in [0.29, 0.717) is 5.92 Å². The number of hydrogen-bond donors (Lipinski definition) is 0. The maximum Gasteiger partial charge on any atom is 0.0639 e. The van der Waals surface area contributed by atoms with Gasteiger partial charge in [-0.05, 0) is 30.7 Å². The van der Waals surface area contributed by atoms with Gasteiger partial charge in [0.05, 0.1) is 6.54 Å². The van der Waals surface area contributed by atoms with Crippen LogP contribution in [-0.2, 0) is 6.54 Å². The first kappa shape index (κ1) is 10.4. The minimum atomic E-state index is 0.711. The average molecular weight is 201 g/mol. The lowest BCUT2D eigenvalue weighted by Gasteiger charge is -2.20. The Morgan fingerprint density at radius 1 is 1.20 bits per heavy atom. The Hall–Kier alpha value is -1.11. The van der Waals surface area contributed by atoms with Gasteiger partial charge in [0.15, 0.2) is 0 Å². The van der Waals surface area contributed by atoms with Crippen molar-refractivity contribution in [1.82, 2.24) is 0 Å². The van der Waals surface area contributed by atoms with Gasteiger partial charge < -0.3 is 0 Å². The van der Waals surface area contributed by atoms with Crippen LogP contribution in [0, 0.1) is 5.92 Å². The lowest BCUT2D eigenvalue weighted by molar-refractivity contribution is 0.556. The van der Waals surface area contributed by atoms with E-state index in [9.17, 15) is 0 Å². The van der Waals surface area contributed by atoms with Crippen LogP contribution in [0.3, 0.4) is 0 Å². The summed E-state index contributed by atoms with van der Waals surface area (Å²) in [6, 6.07) is 10.5. The average Bonchev–Trinajstić information content (AvgIpc) is 2.29. The molecule has 0 saturated heterocycles. The molecule has 80 valence electrons. The minimum Gasteiger partial charge on any atom is -0.289 e. The Bertz CT molecular complexity index is 326. The van der Waals surface area contributed by atoms with E-state index in [-0.39, 0.29) is 0 Å². The van der Waals surface area contributed by atoms with E-state index in [1.54, 1.807) is 0 Å². The summed E-state index contributed by atoms with van der Waals surface area (Å²) in [5, 5.41) is 0. The summed E-state index contributed by atoms with van der Waals surface area (Å²) in [6.45, 7) is 3.17. The van der Waals surface area contributed by atoms with Crippen LogP contribution in [0.1, 0.15) is 38.2 Å². The fourth-order valence-electron chi connectivity index (χ4n) is 2.18. The van der Waals surface area contributed by atoms with Crippen LogP contribution in [0.25, 0.3) is 0 Å². The maximum absolute atomic E-state index is 4.75. The van der Waals surface area contributed by atoms with Crippen molar-refractivity contribution in [2.75, 3.05) is 0 Å². The second-order valence-corrected chi connectivity index (χ2v) is 4.44. The molecule has 0 amide bonds. The van der Waals surface area contributed by atoms with Gasteiger partial charge in [-0.2, -0.15) is 0 Å². The molecule has 1 aromatic carbocycles. The summed E-state index contributed by atoms with van der Waals surface area (Å²) >= 11 is 0. The van der Waals surface area contributed by atoms with Gasteiger partial charge in [-0.15, -0.1) is 0 Å². The topological polar surface area (TPSA) is 12.4 Å². The van der Waals surface area contributed by atoms with E-state index in [0.717, 1.165) is 6.54 Å². The number of rotatable bonds is 2. The molecule has 1 heteroatoms. The number of aliphatic imine (C=N–C) groups is 1. The highest BCUT2D eigenvalue weighted by Crippen LogP contribution is 2.21. The van der Waals surface area contributed by atoms with E-state index in [1.807, 2.05) is 0 Å². The molecule has 1 atom stereocenters. The number of nitrogens with zero attached hydrogens (tertiary/aromatic N) is 1. The van der Waals surface area contributed by atoms with Crippen molar-refractivity contribution in [2.45, 2.75) is 39.2 Å². The minimum absolute atomic E-state index is 0.711. The van der Waals surface area contributed by atoms with Gasteiger partial charge in [0.2, 0.25) is 0 Å². The van der Waals surface area contributed by atoms with Crippen molar-refractivity contribution in [2.24, 2.45) is 10.9 Å². The zero-order chi connectivity index (χ0) is 10.5. The fraction of sp³-hybridized carbons (Fsp3) is 0.500. The Morgan fingerprint density at radius 3 is 2.73 bits per heavy atom. The molecule has 0 radical (unpaired) electrons. The summed E-state index contributed by atoms with van der Waals surface area (Å²) in [6.07, 6.45) is 5.26. The van der Waals surface area contributed by atoms with Crippen LogP contribution in [0.4, 0.5) is 0 Å². The predicted octanol–water partition coefficient (Wildman–Crippen LogP) is 3.84. The molecule has 0 aromatic heterocycles. The first-order valence-corrected chi connectivity index (χ1v) is 5.93. The lowest BCUT2D eigenvalue weighted by atomic mass is 9.89. The van der Waals surface area contributed by atoms with Crippen LogP contribution in [0.15, 0.2) is 35.3 Å². The standard InChI is InChI=1S/C14H19N/c1-12-7-5-6-10-14(12)15-11-13-8-3-2-4-9-13/h2-4,8-9,12H,5-7,10-11H2,1H3/b15-14+. The molecular weight excluding hydrogens is 182 g/mol. The first-order chi connectivity index (χ1) is 7.36. The Morgan fingerprint density at radius 2 is 2.00 bits per heavy atom. The predicted molar refractivity (Wildman–Crippen MR) is 65.2 cm³/mol. The van der Waals surface area contributed by atoms with Crippen LogP contribution in [-0.4, -0.2) is 5.71 Å². The Kier molecular flexibility index (Phi) is 3.54. The molecule has 1 fully saturated rings. The first-order valence-electron chi connectivity index (χ1n) is 5.93. The van der Waals surface area contributed by atoms with Crippen LogP contribution >= 0.6 is 0 Å². The van der Waals surface area contributed by atoms with E-state index in [4.69, 9.17) is 4.99 Å². The third-order valence-corrected chi connectivity index (χ3v) is 3.20. The van der Waals surface area contributed by atoms with Crippen molar-refractivity contribution in [1.29, 1.82) is 0 Å². The maximum atomic E-state index is 4.75. The van der Waals surface area contributed by atoms with Crippen molar-refractivity contribution >= 4 is 5.71 Å². The molecule has 15 heavy (non-hydrogen) atoms. The zero-order valence-electron chi connectivity index (χ0n) is 9.45. The highest BCUT2D eigenvalue weighted by molar-refractivity contribution is 5.87. The summed E-state index contributed by atoms with van der Waals surface area (Å²) in [5.41, 5.74) is 2.76. The smallest absolute Gasteiger partial charge is 0.0639 e. The van der Waals surface area contributed by atoms with Gasteiger partial charge in [-0.3, -0.25) is 4.99 Å². The molecule has 1 aromatic rings. The molecule has 1 aliphatic rings. The highest BCUT2D eigenvalue weighted by atomic mass is 14.7. The summed E-state index contributed by atoms with van der Waals surface area (Å²) < 4.78 is 0. The molecule has 1 nitrogen and oxygen atoms in total. The fourth-order valence-corrected chi connectivity index (χ4v) is 2.18. The van der Waals surface area contributed by atoms with Crippen molar-refractivity contribution < 1.29 is 0 Å². The third-order valence-electron chi connectivity index (χ3n) is 3.20. The molecule has 0 N–H and O–H groups in total. The van der Waals surface area contributed by atoms with E-state index >= 15 is 0 Å². The van der Waals surface area contributed by atoms with Crippen molar-refractivity contribution in [3.8, 4) is 0 Å². The van der Waals surface area contributed by atoms with E-state index in [2.05, 4.69) is 37.3 Å². The summed E-state index contributed by atoms with van der Waals surface area (Å²) in [7, 11) is 0. The van der Waals surface area contributed by atoms with Gasteiger partial charge in [-0.25, -0.2) is 0 Å². The molecule has 0 spiro atoms. The normalized spacial score (nSPS) is 24.3. The molecule has 0 aliphatic heterocycles. The zero-order valence-corrected chi connectivity index (χ0v) is 9.45. The van der Waals surface area contributed by atoms with E-state index < -0.39 is 0 Å². The van der Waals surface area contributed by atoms with Gasteiger partial charge in [0, 0.05) is 5.71 Å². The SMILES string of the molecule is CC1CCCC/C1=N\Cc1ccccc1. The summed E-state index contributed by atoms with van der Waals surface area (Å²) in [5.74, 6) is 0.711. The van der Waals surface area contributed by atoms with Crippen LogP contribution in [0.5, 0.6) is 0 Å². The number of hydrogen-bond acceptors (Lipinski definition) is 1. The third kappa shape index (κ3) is 2.92. The molecule has 0 heterocycles. The van der Waals surface area contributed by atoms with Gasteiger partial charge in [0.25, 0.3) is 0 Å². The lowest BCUT2D eigenvalue weighted by Crippen LogP contribution is -2.16. The molecular formula is C14H19N. The monoisotopic (exact) mass is 201 g/mol. The largest absolute Gasteiger partial charge is 0.289 e. The molecule has 2 rings (SSSR count). The van der Waals surface area contributed by atoms with E-state index in [1.165, 1.54) is 37.0 Å². The summed E-state index contributed by atoms with van der Waals surface area (Å²) in [4.78, 5) is 4.75. The van der Waals surface area contributed by atoms with Crippen molar-refractivity contribution in [3.05, 3.63) is 35.9 Å². The second-order valence-electron chi connectivity index (χ2n) is 4.44. The second kappa shape index (κ2) is 5.11. The molecule has 0 bridgehead atoms. The molecule has 1 aliphatic carbocycles. The quantitative estimate of drug-likeness (QED) is 0.689. The highest BCUT2D eigenvalue weighted by Gasteiger charge is 2.14.